The molecule has 9 heteroatoms. The summed E-state index contributed by atoms with van der Waals surface area (Å²) in [5.41, 5.74) is 3.36. The van der Waals surface area contributed by atoms with Gasteiger partial charge in [-0.1, -0.05) is 61.2 Å². The van der Waals surface area contributed by atoms with E-state index in [0.717, 1.165) is 61.5 Å². The number of fused-ring (bicyclic) bond motifs is 2. The molecule has 3 aliphatic carbocycles. The average Bonchev–Trinajstić information content (AvgIpc) is 3.67. The Kier molecular flexibility index (Phi) is 14.3. The van der Waals surface area contributed by atoms with Crippen molar-refractivity contribution in [1.82, 2.24) is 0 Å². The highest BCUT2D eigenvalue weighted by molar-refractivity contribution is 8.00. The van der Waals surface area contributed by atoms with Crippen molar-refractivity contribution < 1.29 is 29.3 Å². The minimum atomic E-state index is -0.907. The van der Waals surface area contributed by atoms with E-state index < -0.39 is 5.79 Å². The molecule has 0 saturated heterocycles. The van der Waals surface area contributed by atoms with Crippen LogP contribution in [-0.2, 0) is 9.57 Å². The number of hydrogen-bond acceptors (Lipinski definition) is 9. The van der Waals surface area contributed by atoms with Gasteiger partial charge in [-0.05, 0) is 93.2 Å². The van der Waals surface area contributed by atoms with Gasteiger partial charge in [0.05, 0.1) is 30.1 Å². The molecule has 6 atom stereocenters. The van der Waals surface area contributed by atoms with Gasteiger partial charge in [-0.15, -0.1) is 30.1 Å². The molecule has 278 valence electrons. The monoisotopic (exact) mass is 735 g/mol. The number of rotatable bonds is 20. The Morgan fingerprint density at radius 1 is 1.02 bits per heavy atom. The van der Waals surface area contributed by atoms with Gasteiger partial charge in [0.1, 0.15) is 18.1 Å². The Hall–Kier alpha value is -2.43. The number of aliphatic hydroxyl groups is 2. The molecule has 2 aromatic rings. The van der Waals surface area contributed by atoms with E-state index >= 15 is 0 Å². The number of thioether (sulfide) groups is 2. The van der Waals surface area contributed by atoms with Gasteiger partial charge in [0.15, 0.2) is 0 Å². The molecule has 6 rings (SSSR count). The lowest BCUT2D eigenvalue weighted by atomic mass is 9.56. The predicted molar refractivity (Wildman–Crippen MR) is 209 cm³/mol. The van der Waals surface area contributed by atoms with E-state index in [9.17, 15) is 10.2 Å². The molecule has 2 saturated carbocycles. The van der Waals surface area contributed by atoms with Gasteiger partial charge in [-0.2, -0.15) is 0 Å². The number of unbranched alkanes of at least 4 members (excludes halogenated alkanes) is 2. The molecule has 4 aliphatic rings. The number of oxime groups is 1. The van der Waals surface area contributed by atoms with E-state index in [2.05, 4.69) is 55.1 Å². The first kappa shape index (κ1) is 38.3. The second-order valence-corrected chi connectivity index (χ2v) is 16.9. The number of nitrogens with zero attached hydrogens (tertiary/aromatic N) is 1. The van der Waals surface area contributed by atoms with Gasteiger partial charge < -0.3 is 29.3 Å². The van der Waals surface area contributed by atoms with E-state index in [0.29, 0.717) is 31.5 Å². The molecule has 0 spiro atoms. The van der Waals surface area contributed by atoms with Gasteiger partial charge >= 0.3 is 0 Å². The molecule has 0 aromatic heterocycles. The highest BCUT2D eigenvalue weighted by Crippen LogP contribution is 2.63. The highest BCUT2D eigenvalue weighted by Gasteiger charge is 2.64. The Bertz CT molecular complexity index is 1460. The van der Waals surface area contributed by atoms with Crippen molar-refractivity contribution >= 4 is 29.2 Å². The minimum absolute atomic E-state index is 0.0209. The highest BCUT2D eigenvalue weighted by atomic mass is 32.2. The van der Waals surface area contributed by atoms with Crippen LogP contribution in [-0.4, -0.2) is 71.0 Å². The first-order chi connectivity index (χ1) is 25.1. The summed E-state index contributed by atoms with van der Waals surface area (Å²) in [7, 11) is 0. The molecule has 2 aromatic carbocycles. The van der Waals surface area contributed by atoms with Crippen LogP contribution in [0, 0.1) is 17.8 Å². The topological polar surface area (TPSA) is 89.7 Å². The first-order valence-corrected chi connectivity index (χ1v) is 21.2. The van der Waals surface area contributed by atoms with Crippen LogP contribution in [0.3, 0.4) is 0 Å². The normalized spacial score (nSPS) is 27.7. The standard InChI is InChI=1S/C42H57NO6S2/c1-3-24-47-42-39(51-33-17-8-9-18-33)29-37(43-48-4-2)35-27-30(14-10-12-22-44)34(19-11-13-23-45)40(41(35)42)36-28-31(20-21-38(36)49-42)46-25-26-50-32-15-6-5-7-16-32/h3,5-7,15-16,20-21,27-28,30,33-34,39-41,44-45H,1,4,8-14,17-19,22-26,29H2,2H3. The van der Waals surface area contributed by atoms with Crippen molar-refractivity contribution in [3.05, 3.63) is 78.4 Å². The van der Waals surface area contributed by atoms with Crippen LogP contribution in [0.1, 0.15) is 89.0 Å². The predicted octanol–water partition coefficient (Wildman–Crippen LogP) is 9.19. The van der Waals surface area contributed by atoms with Crippen LogP contribution >= 0.6 is 23.5 Å². The smallest absolute Gasteiger partial charge is 0.230 e. The van der Waals surface area contributed by atoms with Crippen LogP contribution in [0.25, 0.3) is 0 Å². The lowest BCUT2D eigenvalue weighted by Gasteiger charge is -2.58. The van der Waals surface area contributed by atoms with Crippen LogP contribution in [0.4, 0.5) is 0 Å². The Morgan fingerprint density at radius 2 is 1.80 bits per heavy atom. The van der Waals surface area contributed by atoms with Crippen LogP contribution < -0.4 is 9.47 Å². The van der Waals surface area contributed by atoms with Crippen molar-refractivity contribution in [1.29, 1.82) is 0 Å². The molecule has 0 radical (unpaired) electrons. The fraction of sp³-hybridized carbons (Fsp3) is 0.595. The van der Waals surface area contributed by atoms with E-state index in [1.54, 1.807) is 11.8 Å². The summed E-state index contributed by atoms with van der Waals surface area (Å²) < 4.78 is 20.8. The fourth-order valence-electron chi connectivity index (χ4n) is 8.77. The van der Waals surface area contributed by atoms with Crippen LogP contribution in [0.15, 0.2) is 82.9 Å². The van der Waals surface area contributed by atoms with Crippen molar-refractivity contribution in [2.75, 3.05) is 38.8 Å². The third-order valence-electron chi connectivity index (χ3n) is 10.9. The summed E-state index contributed by atoms with van der Waals surface area (Å²) in [6, 6.07) is 16.8. The van der Waals surface area contributed by atoms with Crippen molar-refractivity contribution in [2.45, 2.75) is 105 Å². The van der Waals surface area contributed by atoms with Gasteiger partial charge in [0.2, 0.25) is 5.79 Å². The summed E-state index contributed by atoms with van der Waals surface area (Å²) in [4.78, 5) is 7.09. The zero-order chi connectivity index (χ0) is 35.5. The lowest BCUT2D eigenvalue weighted by molar-refractivity contribution is -0.223. The van der Waals surface area contributed by atoms with Crippen molar-refractivity contribution in [3.63, 3.8) is 0 Å². The summed E-state index contributed by atoms with van der Waals surface area (Å²) in [5, 5.41) is 25.0. The Balaban J connectivity index is 1.43. The molecule has 2 N–H and O–H groups in total. The SMILES string of the molecule is C=CCOC12Oc3ccc(OCCSc4ccccc4)cc3C3C(CCCCO)C(CCCCO)C=C(C(=NOCC)CC1SC1CCCC1)C32. The van der Waals surface area contributed by atoms with Gasteiger partial charge in [-0.25, -0.2) is 0 Å². The maximum atomic E-state index is 9.85. The number of aliphatic hydroxyl groups excluding tert-OH is 2. The minimum Gasteiger partial charge on any atom is -0.493 e. The summed E-state index contributed by atoms with van der Waals surface area (Å²) >= 11 is 3.83. The number of allylic oxidation sites excluding steroid dienone is 1. The Morgan fingerprint density at radius 3 is 2.55 bits per heavy atom. The zero-order valence-corrected chi connectivity index (χ0v) is 31.9. The van der Waals surface area contributed by atoms with Crippen molar-refractivity contribution in [3.8, 4) is 11.5 Å². The van der Waals surface area contributed by atoms with Gasteiger partial charge in [-0.3, -0.25) is 0 Å². The Labute approximate surface area is 313 Å². The molecule has 0 bridgehead atoms. The molecule has 7 nitrogen and oxygen atoms in total. The van der Waals surface area contributed by atoms with E-state index in [1.165, 1.54) is 41.7 Å². The lowest BCUT2D eigenvalue weighted by Crippen LogP contribution is -2.64. The number of hydrogen-bond donors (Lipinski definition) is 2. The van der Waals surface area contributed by atoms with Crippen LogP contribution in [0.5, 0.6) is 11.5 Å². The fourth-order valence-corrected chi connectivity index (χ4v) is 11.3. The molecule has 6 unspecified atom stereocenters. The van der Waals surface area contributed by atoms with Crippen LogP contribution in [0.2, 0.25) is 0 Å². The first-order valence-electron chi connectivity index (χ1n) is 19.3. The number of benzene rings is 2. The molecule has 2 fully saturated rings. The number of ether oxygens (including phenoxy) is 3. The second-order valence-electron chi connectivity index (χ2n) is 14.2. The molecule has 0 amide bonds. The quantitative estimate of drug-likeness (QED) is 0.0603. The average molecular weight is 736 g/mol. The largest absolute Gasteiger partial charge is 0.493 e. The zero-order valence-electron chi connectivity index (χ0n) is 30.3. The second kappa shape index (κ2) is 19.1. The third-order valence-corrected chi connectivity index (χ3v) is 13.6. The maximum Gasteiger partial charge on any atom is 0.230 e. The van der Waals surface area contributed by atoms with E-state index in [-0.39, 0.29) is 42.1 Å². The van der Waals surface area contributed by atoms with E-state index in [4.69, 9.17) is 24.2 Å². The molecule has 1 heterocycles. The third kappa shape index (κ3) is 9.03. The summed E-state index contributed by atoms with van der Waals surface area (Å²) in [5.74, 6) is 2.20. The molecular formula is C42H57NO6S2. The molecule has 51 heavy (non-hydrogen) atoms. The van der Waals surface area contributed by atoms with E-state index in [1.807, 2.05) is 30.8 Å². The summed E-state index contributed by atoms with van der Waals surface area (Å²) in [6.07, 6.45) is 15.4. The van der Waals surface area contributed by atoms with Crippen molar-refractivity contribution in [2.24, 2.45) is 22.9 Å². The van der Waals surface area contributed by atoms with Gasteiger partial charge in [0, 0.05) is 47.0 Å². The van der Waals surface area contributed by atoms with Gasteiger partial charge in [0.25, 0.3) is 0 Å². The maximum absolute atomic E-state index is 9.85. The molecule has 1 aliphatic heterocycles. The molecular weight excluding hydrogens is 679 g/mol. The summed E-state index contributed by atoms with van der Waals surface area (Å²) in [6.45, 7) is 7.92.